The highest BCUT2D eigenvalue weighted by Gasteiger charge is 2.16. The maximum absolute atomic E-state index is 5.28. The number of ketones is 1. The summed E-state index contributed by atoms with van der Waals surface area (Å²) in [6.07, 6.45) is 11.1. The van der Waals surface area contributed by atoms with E-state index in [0.29, 0.717) is 0 Å². The first-order valence-corrected chi connectivity index (χ1v) is 8.08. The standard InChI is InChI=1S/C17H25OS/c1-5-8-9-14(6-2)13-19-16-10-11-17(18-4)15(7-3)12-16/h7,11-12,14H,3,5-6,8-9,13H2,1-2,4H3/q+1. The molecule has 0 aliphatic heterocycles. The number of carbonyl (C=O) groups excluding carboxylic acids is 1. The summed E-state index contributed by atoms with van der Waals surface area (Å²) in [4.78, 5) is 1.19. The molecule has 0 aromatic rings. The second-order valence-corrected chi connectivity index (χ2v) is 5.81. The van der Waals surface area contributed by atoms with Gasteiger partial charge in [-0.25, -0.2) is 0 Å². The lowest BCUT2D eigenvalue weighted by Crippen LogP contribution is -2.04. The van der Waals surface area contributed by atoms with E-state index in [9.17, 15) is 0 Å². The van der Waals surface area contributed by atoms with Crippen molar-refractivity contribution in [2.45, 2.75) is 39.5 Å². The zero-order chi connectivity index (χ0) is 14.1. The van der Waals surface area contributed by atoms with E-state index in [2.05, 4.69) is 32.2 Å². The third-order valence-corrected chi connectivity index (χ3v) is 4.56. The van der Waals surface area contributed by atoms with Gasteiger partial charge in [0.15, 0.2) is 0 Å². The zero-order valence-corrected chi connectivity index (χ0v) is 13.2. The first-order chi connectivity index (χ1) is 9.24. The lowest BCUT2D eigenvalue weighted by atomic mass is 10.0. The molecule has 2 heteroatoms. The highest BCUT2D eigenvalue weighted by Crippen LogP contribution is 2.26. The molecule has 1 rings (SSSR count). The second-order valence-electron chi connectivity index (χ2n) is 4.75. The van der Waals surface area contributed by atoms with Crippen molar-refractivity contribution < 1.29 is 4.42 Å². The van der Waals surface area contributed by atoms with Gasteiger partial charge in [0.25, 0.3) is 7.11 Å². The van der Waals surface area contributed by atoms with Gasteiger partial charge in [-0.3, -0.25) is 4.42 Å². The Morgan fingerprint density at radius 1 is 1.47 bits per heavy atom. The van der Waals surface area contributed by atoms with Crippen molar-refractivity contribution in [3.63, 3.8) is 0 Å². The summed E-state index contributed by atoms with van der Waals surface area (Å²) in [5.74, 6) is 2.83. The third kappa shape index (κ3) is 5.26. The smallest absolute Gasteiger partial charge is 0.257 e. The maximum Gasteiger partial charge on any atom is 0.357 e. The van der Waals surface area contributed by atoms with Gasteiger partial charge in [0.05, 0.1) is 16.6 Å². The Morgan fingerprint density at radius 2 is 2.26 bits per heavy atom. The average molecular weight is 277 g/mol. The van der Waals surface area contributed by atoms with E-state index in [1.807, 2.05) is 23.9 Å². The summed E-state index contributed by atoms with van der Waals surface area (Å²) < 4.78 is 5.28. The maximum atomic E-state index is 5.28. The summed E-state index contributed by atoms with van der Waals surface area (Å²) in [5.41, 5.74) is 4.34. The van der Waals surface area contributed by atoms with Crippen LogP contribution in [0.2, 0.25) is 0 Å². The van der Waals surface area contributed by atoms with Crippen molar-refractivity contribution in [3.8, 4) is 0 Å². The monoisotopic (exact) mass is 277 g/mol. The minimum atomic E-state index is 0.813. The molecule has 0 bridgehead atoms. The summed E-state index contributed by atoms with van der Waals surface area (Å²) in [5, 5.41) is 0. The number of hydrogen-bond acceptors (Lipinski definition) is 1. The molecule has 0 aromatic carbocycles. The van der Waals surface area contributed by atoms with E-state index in [1.165, 1.54) is 36.3 Å². The van der Waals surface area contributed by atoms with Crippen molar-refractivity contribution in [2.75, 3.05) is 12.9 Å². The van der Waals surface area contributed by atoms with E-state index in [1.54, 1.807) is 7.11 Å². The summed E-state index contributed by atoms with van der Waals surface area (Å²) >= 11 is 1.89. The molecule has 0 amide bonds. The molecular formula is C17H25OS+. The van der Waals surface area contributed by atoms with Crippen LogP contribution in [0, 0.1) is 5.92 Å². The van der Waals surface area contributed by atoms with E-state index in [4.69, 9.17) is 4.42 Å². The normalized spacial score (nSPS) is 18.2. The molecule has 0 N–H and O–H groups in total. The van der Waals surface area contributed by atoms with Crippen molar-refractivity contribution in [1.29, 1.82) is 0 Å². The van der Waals surface area contributed by atoms with Crippen LogP contribution in [0.25, 0.3) is 0 Å². The Kier molecular flexibility index (Phi) is 7.62. The molecule has 1 aliphatic carbocycles. The summed E-state index contributed by atoms with van der Waals surface area (Å²) in [6, 6.07) is 0. The van der Waals surface area contributed by atoms with E-state index >= 15 is 0 Å². The Morgan fingerprint density at radius 3 is 2.84 bits per heavy atom. The second kappa shape index (κ2) is 9.01. The first-order valence-electron chi connectivity index (χ1n) is 7.10. The van der Waals surface area contributed by atoms with Crippen molar-refractivity contribution in [1.82, 2.24) is 0 Å². The van der Waals surface area contributed by atoms with Gasteiger partial charge in [-0.2, -0.15) is 0 Å². The molecule has 0 radical (unpaired) electrons. The lowest BCUT2D eigenvalue weighted by Gasteiger charge is -2.14. The van der Waals surface area contributed by atoms with Gasteiger partial charge in [0, 0.05) is 5.75 Å². The highest BCUT2D eigenvalue weighted by atomic mass is 32.2. The molecule has 0 saturated heterocycles. The number of rotatable bonds is 8. The fraction of sp³-hybridized carbons (Fsp3) is 0.529. The molecule has 19 heavy (non-hydrogen) atoms. The highest BCUT2D eigenvalue weighted by molar-refractivity contribution is 8.03. The predicted octanol–water partition coefficient (Wildman–Crippen LogP) is 4.84. The molecule has 1 atom stereocenters. The predicted molar refractivity (Wildman–Crippen MR) is 86.6 cm³/mol. The first kappa shape index (κ1) is 16.1. The molecule has 104 valence electrons. The fourth-order valence-electron chi connectivity index (χ4n) is 2.00. The average Bonchev–Trinajstić information content (AvgIpc) is 2.47. The molecular weight excluding hydrogens is 252 g/mol. The molecule has 0 heterocycles. The SMILES string of the molecule is C=CC1=CC(SCC(CC)CCCC)=C=CC1=[O+]C. The van der Waals surface area contributed by atoms with Crippen LogP contribution in [0.5, 0.6) is 0 Å². The van der Waals surface area contributed by atoms with Crippen LogP contribution in [0.15, 0.2) is 41.0 Å². The topological polar surface area (TPSA) is 11.3 Å². The van der Waals surface area contributed by atoms with Gasteiger partial charge >= 0.3 is 5.78 Å². The van der Waals surface area contributed by atoms with Gasteiger partial charge in [0.2, 0.25) is 0 Å². The Labute approximate surface area is 121 Å². The molecule has 1 nitrogen and oxygen atoms in total. The quantitative estimate of drug-likeness (QED) is 0.456. The van der Waals surface area contributed by atoms with Gasteiger partial charge in [-0.15, -0.1) is 11.8 Å². The number of hydrogen-bond donors (Lipinski definition) is 0. The Hall–Kier alpha value is -0.980. The third-order valence-electron chi connectivity index (χ3n) is 3.37. The largest absolute Gasteiger partial charge is 0.357 e. The van der Waals surface area contributed by atoms with Gasteiger partial charge in [0.1, 0.15) is 0 Å². The fourth-order valence-corrected chi connectivity index (χ4v) is 3.17. The Balaban J connectivity index is 2.60. The van der Waals surface area contributed by atoms with Crippen LogP contribution in [0.1, 0.15) is 39.5 Å². The molecule has 1 aliphatic rings. The lowest BCUT2D eigenvalue weighted by molar-refractivity contribution is -0.418. The number of thioether (sulfide) groups is 1. The van der Waals surface area contributed by atoms with Crippen molar-refractivity contribution in [2.24, 2.45) is 5.92 Å². The Bertz CT molecular complexity index is 423. The number of unbranched alkanes of at least 4 members (excludes halogenated alkanes) is 1. The summed E-state index contributed by atoms with van der Waals surface area (Å²) in [7, 11) is 1.68. The van der Waals surface area contributed by atoms with Gasteiger partial charge in [-0.1, -0.05) is 51.5 Å². The molecule has 0 fully saturated rings. The zero-order valence-electron chi connectivity index (χ0n) is 12.4. The van der Waals surface area contributed by atoms with Crippen LogP contribution in [0.4, 0.5) is 0 Å². The molecule has 1 unspecified atom stereocenters. The van der Waals surface area contributed by atoms with Crippen LogP contribution in [-0.2, 0) is 4.42 Å². The van der Waals surface area contributed by atoms with Crippen LogP contribution >= 0.6 is 11.8 Å². The molecule has 0 aromatic heterocycles. The van der Waals surface area contributed by atoms with Crippen LogP contribution in [-0.4, -0.2) is 18.6 Å². The van der Waals surface area contributed by atoms with Gasteiger partial charge < -0.3 is 0 Å². The number of allylic oxidation sites excluding steroid dienone is 3. The van der Waals surface area contributed by atoms with Crippen LogP contribution < -0.4 is 0 Å². The minimum Gasteiger partial charge on any atom is -0.257 e. The van der Waals surface area contributed by atoms with E-state index in [0.717, 1.165) is 17.3 Å². The summed E-state index contributed by atoms with van der Waals surface area (Å²) in [6.45, 7) is 8.37. The van der Waals surface area contributed by atoms with Gasteiger partial charge in [-0.05, 0) is 18.4 Å². The van der Waals surface area contributed by atoms with Crippen molar-refractivity contribution in [3.05, 3.63) is 41.0 Å². The van der Waals surface area contributed by atoms with E-state index in [-0.39, 0.29) is 0 Å². The van der Waals surface area contributed by atoms with Crippen molar-refractivity contribution >= 4 is 17.5 Å². The van der Waals surface area contributed by atoms with Crippen LogP contribution in [0.3, 0.4) is 0 Å². The molecule has 0 saturated carbocycles. The minimum absolute atomic E-state index is 0.813. The molecule has 0 spiro atoms. The van der Waals surface area contributed by atoms with E-state index < -0.39 is 0 Å².